The highest BCUT2D eigenvalue weighted by atomic mass is 32.1. The average Bonchev–Trinajstić information content (AvgIpc) is 3.88. The molecule has 61 heavy (non-hydrogen) atoms. The lowest BCUT2D eigenvalue weighted by Gasteiger charge is -2.30. The minimum Gasteiger partial charge on any atom is -0.309 e. The van der Waals surface area contributed by atoms with Crippen LogP contribution in [-0.2, 0) is 0 Å². The van der Waals surface area contributed by atoms with Gasteiger partial charge >= 0.3 is 0 Å². The third kappa shape index (κ3) is 6.06. The fourth-order valence-electron chi connectivity index (χ4n) is 10.4. The molecule has 0 spiro atoms. The van der Waals surface area contributed by atoms with Crippen LogP contribution >= 0.6 is 11.3 Å². The molecular formula is C58H44N2S. The summed E-state index contributed by atoms with van der Waals surface area (Å²) >= 11 is 1.88. The highest BCUT2D eigenvalue weighted by Crippen LogP contribution is 2.49. The second-order valence-corrected chi connectivity index (χ2v) is 17.7. The zero-order valence-corrected chi connectivity index (χ0v) is 34.8. The Morgan fingerprint density at radius 1 is 0.443 bits per heavy atom. The molecule has 1 aliphatic rings. The maximum atomic E-state index is 2.54. The molecule has 1 aliphatic carbocycles. The van der Waals surface area contributed by atoms with Crippen LogP contribution in [0.25, 0.3) is 80.7 Å². The maximum absolute atomic E-state index is 2.54. The standard InChI is InChI=1S/C58H44N2S/c1-3-17-39(18-4-1)45-28-14-19-40-20-15-29-49(57(40)45)47-26-8-11-31-52(47)60(53-32-16-34-56-58(53)50-27-9-12-33-55(50)61-56)44-24-13-21-41(37-44)42-35-36-48-46-25-7-10-30-51(46)59(54(48)38-42)43-22-5-2-6-23-43/h2,5-16,19-39H,1,3-4,17-18H2. The van der Waals surface area contributed by atoms with Crippen molar-refractivity contribution in [2.45, 2.75) is 38.0 Å². The van der Waals surface area contributed by atoms with Gasteiger partial charge in [-0.2, -0.15) is 0 Å². The Morgan fingerprint density at radius 3 is 2.02 bits per heavy atom. The second-order valence-electron chi connectivity index (χ2n) is 16.7. The van der Waals surface area contributed by atoms with E-state index in [-0.39, 0.29) is 0 Å². The van der Waals surface area contributed by atoms with Crippen LogP contribution < -0.4 is 4.90 Å². The first-order chi connectivity index (χ1) is 30.3. The molecule has 0 radical (unpaired) electrons. The summed E-state index contributed by atoms with van der Waals surface area (Å²) in [5.41, 5.74) is 13.5. The smallest absolute Gasteiger partial charge is 0.0555 e. The topological polar surface area (TPSA) is 8.17 Å². The number of anilines is 3. The third-order valence-corrected chi connectivity index (χ3v) is 14.3. The summed E-state index contributed by atoms with van der Waals surface area (Å²) in [5, 5.41) is 7.82. The predicted octanol–water partition coefficient (Wildman–Crippen LogP) is 17.2. The van der Waals surface area contributed by atoms with Crippen LogP contribution in [0.2, 0.25) is 0 Å². The van der Waals surface area contributed by atoms with E-state index in [0.717, 1.165) is 5.69 Å². The van der Waals surface area contributed by atoms with Gasteiger partial charge in [-0.05, 0) is 112 Å². The molecule has 1 fully saturated rings. The van der Waals surface area contributed by atoms with E-state index in [1.54, 1.807) is 0 Å². The third-order valence-electron chi connectivity index (χ3n) is 13.2. The zero-order valence-electron chi connectivity index (χ0n) is 34.0. The number of fused-ring (bicyclic) bond motifs is 7. The van der Waals surface area contributed by atoms with Crippen molar-refractivity contribution in [2.24, 2.45) is 0 Å². The fourth-order valence-corrected chi connectivity index (χ4v) is 11.6. The SMILES string of the molecule is c1ccc(-n2c3ccccc3c3ccc(-c4cccc(N(c5ccccc5-c5cccc6cccc(C7CCCCC7)c56)c5cccc6sc7ccccc7c56)c4)cc32)cc1. The Balaban J connectivity index is 1.09. The number of hydrogen-bond acceptors (Lipinski definition) is 2. The lowest BCUT2D eigenvalue weighted by atomic mass is 9.80. The molecule has 0 saturated heterocycles. The molecule has 0 unspecified atom stereocenters. The van der Waals surface area contributed by atoms with Crippen LogP contribution in [0.5, 0.6) is 0 Å². The van der Waals surface area contributed by atoms with Crippen molar-refractivity contribution in [1.29, 1.82) is 0 Å². The summed E-state index contributed by atoms with van der Waals surface area (Å²) in [4.78, 5) is 2.54. The van der Waals surface area contributed by atoms with Crippen LogP contribution in [0.1, 0.15) is 43.6 Å². The van der Waals surface area contributed by atoms with Crippen molar-refractivity contribution >= 4 is 81.1 Å². The molecule has 0 atom stereocenters. The maximum Gasteiger partial charge on any atom is 0.0555 e. The summed E-state index contributed by atoms with van der Waals surface area (Å²) in [6.07, 6.45) is 6.49. The number of para-hydroxylation sites is 3. The highest BCUT2D eigenvalue weighted by Gasteiger charge is 2.25. The Hall–Kier alpha value is -6.94. The van der Waals surface area contributed by atoms with Crippen molar-refractivity contribution in [3.05, 3.63) is 206 Å². The lowest BCUT2D eigenvalue weighted by molar-refractivity contribution is 0.445. The van der Waals surface area contributed by atoms with Crippen molar-refractivity contribution in [3.63, 3.8) is 0 Å². The Bertz CT molecular complexity index is 3420. The molecule has 2 heterocycles. The summed E-state index contributed by atoms with van der Waals surface area (Å²) in [5.74, 6) is 0.586. The molecule has 2 nitrogen and oxygen atoms in total. The highest BCUT2D eigenvalue weighted by molar-refractivity contribution is 7.26. The molecule has 0 amide bonds. The molecule has 0 N–H and O–H groups in total. The van der Waals surface area contributed by atoms with Gasteiger partial charge in [0.2, 0.25) is 0 Å². The van der Waals surface area contributed by atoms with E-state index in [1.165, 1.54) is 130 Å². The van der Waals surface area contributed by atoms with E-state index >= 15 is 0 Å². The first-order valence-corrected chi connectivity index (χ1v) is 22.6. The Morgan fingerprint density at radius 2 is 1.11 bits per heavy atom. The first-order valence-electron chi connectivity index (χ1n) is 21.8. The van der Waals surface area contributed by atoms with Gasteiger partial charge in [0.15, 0.2) is 0 Å². The van der Waals surface area contributed by atoms with Crippen LogP contribution in [0.4, 0.5) is 17.1 Å². The summed E-state index contributed by atoms with van der Waals surface area (Å²) < 4.78 is 5.01. The number of hydrogen-bond donors (Lipinski definition) is 0. The van der Waals surface area contributed by atoms with Gasteiger partial charge in [0, 0.05) is 47.9 Å². The average molecular weight is 801 g/mol. The van der Waals surface area contributed by atoms with E-state index in [0.29, 0.717) is 5.92 Å². The van der Waals surface area contributed by atoms with Gasteiger partial charge in [-0.25, -0.2) is 0 Å². The van der Waals surface area contributed by atoms with Gasteiger partial charge in [0.1, 0.15) is 0 Å². The van der Waals surface area contributed by atoms with E-state index in [9.17, 15) is 0 Å². The van der Waals surface area contributed by atoms with Gasteiger partial charge < -0.3 is 9.47 Å². The van der Waals surface area contributed by atoms with E-state index < -0.39 is 0 Å². The minimum absolute atomic E-state index is 0.586. The monoisotopic (exact) mass is 800 g/mol. The molecule has 9 aromatic carbocycles. The predicted molar refractivity (Wildman–Crippen MR) is 263 cm³/mol. The Labute approximate surface area is 360 Å². The van der Waals surface area contributed by atoms with Crippen LogP contribution in [0.3, 0.4) is 0 Å². The van der Waals surface area contributed by atoms with Crippen molar-refractivity contribution < 1.29 is 0 Å². The van der Waals surface area contributed by atoms with Crippen LogP contribution in [0, 0.1) is 0 Å². The van der Waals surface area contributed by atoms with Crippen molar-refractivity contribution in [2.75, 3.05) is 4.90 Å². The molecular weight excluding hydrogens is 757 g/mol. The van der Waals surface area contributed by atoms with Crippen molar-refractivity contribution in [1.82, 2.24) is 4.57 Å². The van der Waals surface area contributed by atoms with Crippen LogP contribution in [-0.4, -0.2) is 4.57 Å². The van der Waals surface area contributed by atoms with E-state index in [2.05, 4.69) is 210 Å². The zero-order chi connectivity index (χ0) is 40.3. The van der Waals surface area contributed by atoms with Gasteiger partial charge in [0.05, 0.1) is 22.4 Å². The largest absolute Gasteiger partial charge is 0.309 e. The molecule has 292 valence electrons. The van der Waals surface area contributed by atoms with Gasteiger partial charge in [0.25, 0.3) is 0 Å². The summed E-state index contributed by atoms with van der Waals surface area (Å²) in [6, 6.07) is 74.5. The van der Waals surface area contributed by atoms with Crippen LogP contribution in [0.15, 0.2) is 200 Å². The molecule has 1 saturated carbocycles. The number of aromatic nitrogens is 1. The quantitative estimate of drug-likeness (QED) is 0.156. The van der Waals surface area contributed by atoms with E-state index in [4.69, 9.17) is 0 Å². The summed E-state index contributed by atoms with van der Waals surface area (Å²) in [6.45, 7) is 0. The van der Waals surface area contributed by atoms with Gasteiger partial charge in [-0.3, -0.25) is 0 Å². The molecule has 11 aromatic rings. The normalized spacial score (nSPS) is 13.5. The van der Waals surface area contributed by atoms with Crippen molar-refractivity contribution in [3.8, 4) is 27.9 Å². The summed E-state index contributed by atoms with van der Waals surface area (Å²) in [7, 11) is 0. The van der Waals surface area contributed by atoms with E-state index in [1.807, 2.05) is 11.3 Å². The molecule has 3 heteroatoms. The molecule has 0 aliphatic heterocycles. The lowest BCUT2D eigenvalue weighted by Crippen LogP contribution is -2.12. The second kappa shape index (κ2) is 15.0. The Kier molecular flexibility index (Phi) is 8.82. The number of nitrogens with zero attached hydrogens (tertiary/aromatic N) is 2. The fraction of sp³-hybridized carbons (Fsp3) is 0.103. The van der Waals surface area contributed by atoms with Gasteiger partial charge in [-0.1, -0.05) is 159 Å². The first kappa shape index (κ1) is 36.0. The number of benzene rings is 9. The number of thiophene rings is 1. The van der Waals surface area contributed by atoms with Gasteiger partial charge in [-0.15, -0.1) is 11.3 Å². The molecule has 12 rings (SSSR count). The number of rotatable bonds is 7. The molecule has 2 aromatic heterocycles. The molecule has 0 bridgehead atoms. The minimum atomic E-state index is 0.586.